The number of aliphatic hydroxyl groups is 1. The van der Waals surface area contributed by atoms with E-state index in [1.54, 1.807) is 12.1 Å². The summed E-state index contributed by atoms with van der Waals surface area (Å²) in [5.74, 6) is -0.951. The molecule has 4 saturated heterocycles. The van der Waals surface area contributed by atoms with Gasteiger partial charge in [0.05, 0.1) is 24.9 Å². The molecule has 2 aromatic carbocycles. The Hall–Kier alpha value is -3.65. The van der Waals surface area contributed by atoms with Gasteiger partial charge in [-0.25, -0.2) is 0 Å². The minimum atomic E-state index is -1.44. The number of allylic oxidation sites excluding steroid dienone is 1. The summed E-state index contributed by atoms with van der Waals surface area (Å²) >= 11 is 0. The van der Waals surface area contributed by atoms with Gasteiger partial charge in [0.15, 0.2) is 11.8 Å². The lowest BCUT2D eigenvalue weighted by molar-refractivity contribution is -0.225. The van der Waals surface area contributed by atoms with Crippen LogP contribution in [0.1, 0.15) is 141 Å². The molecule has 12 nitrogen and oxygen atoms in total. The number of hydrogen-bond acceptors (Lipinski definition) is 10. The second-order valence-electron chi connectivity index (χ2n) is 21.7. The predicted octanol–water partition coefficient (Wildman–Crippen LogP) is 8.08. The number of esters is 1. The van der Waals surface area contributed by atoms with Crippen molar-refractivity contribution in [2.45, 2.75) is 191 Å². The molecule has 11 atom stereocenters. The van der Waals surface area contributed by atoms with Crippen molar-refractivity contribution < 1.29 is 43.3 Å². The number of rotatable bonds is 18. The van der Waals surface area contributed by atoms with E-state index in [-0.39, 0.29) is 50.0 Å². The first kappa shape index (κ1) is 47.4. The molecular formula is C54H75N3O9. The zero-order valence-electron chi connectivity index (χ0n) is 40.3. The molecule has 11 unspecified atom stereocenters. The van der Waals surface area contributed by atoms with Crippen molar-refractivity contribution in [3.8, 4) is 0 Å². The number of carbonyl (C=O) groups is 3. The van der Waals surface area contributed by atoms with Gasteiger partial charge in [-0.1, -0.05) is 120 Å². The molecule has 2 N–H and O–H groups in total. The third-order valence-corrected chi connectivity index (χ3v) is 16.8. The number of unbranched alkanes of at least 4 members (excludes halogenated alkanes) is 4. The first-order valence-corrected chi connectivity index (χ1v) is 25.4. The van der Waals surface area contributed by atoms with Crippen LogP contribution in [0.5, 0.6) is 0 Å². The van der Waals surface area contributed by atoms with Crippen LogP contribution in [0, 0.1) is 22.7 Å². The molecule has 2 bridgehead atoms. The molecule has 12 heteroatoms. The number of hydrogen-bond donors (Lipinski definition) is 2. The van der Waals surface area contributed by atoms with E-state index >= 15 is 4.79 Å². The minimum Gasteiger partial charge on any atom is -0.458 e. The highest BCUT2D eigenvalue weighted by Gasteiger charge is 2.77. The van der Waals surface area contributed by atoms with Gasteiger partial charge in [-0.3, -0.25) is 19.2 Å². The number of epoxide rings is 1. The fraction of sp³-hybridized carbons (Fsp3) is 0.685. The lowest BCUT2D eigenvalue weighted by Gasteiger charge is -2.53. The zero-order valence-corrected chi connectivity index (χ0v) is 40.3. The molecule has 4 aliphatic heterocycles. The van der Waals surface area contributed by atoms with Crippen LogP contribution in [0.4, 0.5) is 0 Å². The fourth-order valence-electron chi connectivity index (χ4n) is 13.0. The summed E-state index contributed by atoms with van der Waals surface area (Å²) in [6.07, 6.45) is 13.3. The molecule has 0 radical (unpaired) electrons. The van der Waals surface area contributed by atoms with Gasteiger partial charge < -0.3 is 34.3 Å². The molecule has 2 amide bonds. The van der Waals surface area contributed by atoms with Gasteiger partial charge in [-0.15, -0.1) is 0 Å². The Morgan fingerprint density at radius 3 is 2.30 bits per heavy atom. The largest absolute Gasteiger partial charge is 0.458 e. The number of benzene rings is 2. The van der Waals surface area contributed by atoms with Gasteiger partial charge in [0.2, 0.25) is 11.8 Å². The summed E-state index contributed by atoms with van der Waals surface area (Å²) in [5.41, 5.74) is 3.40. The van der Waals surface area contributed by atoms with Crippen molar-refractivity contribution in [2.24, 2.45) is 22.7 Å². The van der Waals surface area contributed by atoms with E-state index in [0.717, 1.165) is 74.5 Å². The van der Waals surface area contributed by atoms with Crippen molar-refractivity contribution in [3.63, 3.8) is 0 Å². The highest BCUT2D eigenvalue weighted by atomic mass is 16.8. The van der Waals surface area contributed by atoms with E-state index in [1.165, 1.54) is 23.3 Å². The number of aliphatic hydroxyl groups excluding tert-OH is 1. The predicted molar refractivity (Wildman–Crippen MR) is 250 cm³/mol. The Morgan fingerprint density at radius 2 is 1.62 bits per heavy atom. The summed E-state index contributed by atoms with van der Waals surface area (Å²) in [5, 5.41) is 14.1. The summed E-state index contributed by atoms with van der Waals surface area (Å²) in [6.45, 7) is 11.5. The van der Waals surface area contributed by atoms with Crippen molar-refractivity contribution in [2.75, 3.05) is 20.2 Å². The number of ether oxygens (including phenoxy) is 4. The molecule has 0 spiro atoms. The average Bonchev–Trinajstić information content (AvgIpc) is 3.58. The number of likely N-dealkylation sites (N-methyl/N-ethyl adjacent to an activating group) is 1. The Morgan fingerprint density at radius 1 is 0.909 bits per heavy atom. The molecular weight excluding hydrogens is 835 g/mol. The highest BCUT2D eigenvalue weighted by molar-refractivity contribution is 5.96. The van der Waals surface area contributed by atoms with Crippen LogP contribution in [-0.2, 0) is 51.1 Å². The maximum atomic E-state index is 15.7. The van der Waals surface area contributed by atoms with Gasteiger partial charge >= 0.3 is 5.97 Å². The zero-order chi connectivity index (χ0) is 46.4. The lowest BCUT2D eigenvalue weighted by Crippen LogP contribution is -2.70. The fourth-order valence-corrected chi connectivity index (χ4v) is 13.0. The van der Waals surface area contributed by atoms with Crippen LogP contribution < -0.4 is 5.32 Å². The van der Waals surface area contributed by atoms with Crippen LogP contribution in [-0.4, -0.2) is 107 Å². The van der Waals surface area contributed by atoms with Crippen molar-refractivity contribution in [1.82, 2.24) is 15.3 Å². The van der Waals surface area contributed by atoms with Crippen LogP contribution in [0.25, 0.3) is 6.08 Å². The first-order chi connectivity index (χ1) is 31.7. The summed E-state index contributed by atoms with van der Waals surface area (Å²) in [7, 11) is 1.65. The molecule has 0 aromatic heterocycles. The third-order valence-electron chi connectivity index (χ3n) is 16.8. The van der Waals surface area contributed by atoms with Crippen LogP contribution in [0.15, 0.2) is 60.2 Å². The summed E-state index contributed by atoms with van der Waals surface area (Å²) in [4.78, 5) is 52.9. The van der Waals surface area contributed by atoms with Crippen molar-refractivity contribution in [3.05, 3.63) is 76.9 Å². The average molecular weight is 910 g/mol. The van der Waals surface area contributed by atoms with Gasteiger partial charge in [0, 0.05) is 39.3 Å². The van der Waals surface area contributed by atoms with E-state index in [9.17, 15) is 14.7 Å². The maximum Gasteiger partial charge on any atom is 0.327 e. The Labute approximate surface area is 392 Å². The number of nitrogens with one attached hydrogen (secondary N) is 1. The van der Waals surface area contributed by atoms with E-state index < -0.39 is 53.7 Å². The lowest BCUT2D eigenvalue weighted by atomic mass is 9.52. The Bertz CT molecular complexity index is 2080. The molecule has 66 heavy (non-hydrogen) atoms. The summed E-state index contributed by atoms with van der Waals surface area (Å²) in [6, 6.07) is 16.1. The number of nitrogens with zero attached hydrogens (tertiary/aromatic N) is 2. The SMILES string of the molecule is CCCCCC1(CCCCC)OC2C3CC4(C(=O)N(C)C(Cc5ccccc5)C(=O)NCCO)C(ON(Cc5ccc(C=C6CCC7OC7(C)CCC7C6CC7(C)C)cc5)C4C(=O)O3)C2O1. The number of amides is 2. The molecule has 3 aliphatic carbocycles. The van der Waals surface area contributed by atoms with E-state index in [2.05, 4.69) is 70.3 Å². The van der Waals surface area contributed by atoms with Gasteiger partial charge in [0.1, 0.15) is 35.9 Å². The second kappa shape index (κ2) is 19.0. The monoisotopic (exact) mass is 910 g/mol. The van der Waals surface area contributed by atoms with Gasteiger partial charge in [-0.05, 0) is 85.8 Å². The standard InChI is InChI=1S/C54H75N3O9/c1-7-9-14-25-53(26-15-10-8-2)64-44-42-33-54(50(61)56(6)41(48(59)55-28-29-58)31-35-16-12-11-13-17-35)46(49(60)62-42)57(66-47(54)45(44)65-53)34-37-20-18-36(19-21-37)30-38-22-23-43-52(5,63-43)27-24-40-39(38)32-51(40,3)4/h11-13,16-21,30,39-47,58H,7-10,14-15,22-29,31-34H2,1-6H3,(H,55,59). The summed E-state index contributed by atoms with van der Waals surface area (Å²) < 4.78 is 26.7. The topological polar surface area (TPSA) is 139 Å². The van der Waals surface area contributed by atoms with E-state index in [0.29, 0.717) is 36.2 Å². The van der Waals surface area contributed by atoms with E-state index in [4.69, 9.17) is 23.8 Å². The van der Waals surface area contributed by atoms with Crippen LogP contribution >= 0.6 is 0 Å². The normalized spacial score (nSPS) is 34.7. The number of carbonyl (C=O) groups excluding carboxylic acids is 3. The van der Waals surface area contributed by atoms with Crippen molar-refractivity contribution >= 4 is 23.9 Å². The van der Waals surface area contributed by atoms with E-state index in [1.807, 2.05) is 30.3 Å². The Balaban J connectivity index is 1.03. The molecule has 360 valence electrons. The number of hydroxylamine groups is 2. The number of fused-ring (bicyclic) bond motifs is 6. The smallest absolute Gasteiger partial charge is 0.327 e. The van der Waals surface area contributed by atoms with Crippen molar-refractivity contribution in [1.29, 1.82) is 0 Å². The van der Waals surface area contributed by atoms with Crippen LogP contribution in [0.2, 0.25) is 0 Å². The minimum absolute atomic E-state index is 0.0375. The second-order valence-corrected chi connectivity index (χ2v) is 21.7. The Kier molecular flexibility index (Phi) is 13.7. The molecule has 3 saturated carbocycles. The molecule has 7 fully saturated rings. The molecule has 4 heterocycles. The van der Waals surface area contributed by atoms with Crippen LogP contribution in [0.3, 0.4) is 0 Å². The maximum absolute atomic E-state index is 15.7. The first-order valence-electron chi connectivity index (χ1n) is 25.4. The molecule has 2 aromatic rings. The van der Waals surface area contributed by atoms with Gasteiger partial charge in [0.25, 0.3) is 0 Å². The van der Waals surface area contributed by atoms with Gasteiger partial charge in [-0.2, -0.15) is 5.06 Å². The third kappa shape index (κ3) is 8.92. The molecule has 7 aliphatic rings. The highest BCUT2D eigenvalue weighted by Crippen LogP contribution is 2.61. The molecule has 9 rings (SSSR count). The quantitative estimate of drug-likeness (QED) is 0.0858.